The summed E-state index contributed by atoms with van der Waals surface area (Å²) in [5.41, 5.74) is 1.81. The van der Waals surface area contributed by atoms with Crippen LogP contribution in [0.25, 0.3) is 6.08 Å². The van der Waals surface area contributed by atoms with Gasteiger partial charge in [-0.1, -0.05) is 53.5 Å². The minimum absolute atomic E-state index is 0.0267. The first-order valence-electron chi connectivity index (χ1n) is 12.9. The molecule has 0 heterocycles. The van der Waals surface area contributed by atoms with Gasteiger partial charge >= 0.3 is 0 Å². The van der Waals surface area contributed by atoms with Gasteiger partial charge in [-0.05, 0) is 66.2 Å². The van der Waals surface area contributed by atoms with Gasteiger partial charge in [0.1, 0.15) is 17.2 Å². The van der Waals surface area contributed by atoms with Crippen molar-refractivity contribution in [2.45, 2.75) is 4.90 Å². The van der Waals surface area contributed by atoms with Crippen LogP contribution in [0.2, 0.25) is 10.0 Å². The summed E-state index contributed by atoms with van der Waals surface area (Å²) in [4.78, 5) is 39.6. The quantitative estimate of drug-likeness (QED) is 0.119. The number of carbonyl (C=O) groups excluding carboxylic acids is 3. The monoisotopic (exact) mass is 635 g/mol. The van der Waals surface area contributed by atoms with Gasteiger partial charge in [0.05, 0.1) is 35.7 Å². The molecule has 3 amide bonds. The van der Waals surface area contributed by atoms with E-state index in [1.807, 2.05) is 0 Å². The lowest BCUT2D eigenvalue weighted by Gasteiger charge is -2.13. The Labute approximate surface area is 263 Å². The third-order valence-corrected chi connectivity index (χ3v) is 7.82. The zero-order valence-corrected chi connectivity index (χ0v) is 25.5. The van der Waals surface area contributed by atoms with Crippen LogP contribution in [0.1, 0.15) is 15.9 Å². The van der Waals surface area contributed by atoms with Crippen molar-refractivity contribution in [3.8, 4) is 11.5 Å². The molecule has 0 aromatic heterocycles. The number of ether oxygens (including phenoxy) is 2. The van der Waals surface area contributed by atoms with Crippen LogP contribution in [-0.4, -0.2) is 37.7 Å². The van der Waals surface area contributed by atoms with Crippen molar-refractivity contribution in [1.29, 1.82) is 0 Å². The normalized spacial score (nSPS) is 10.9. The highest BCUT2D eigenvalue weighted by molar-refractivity contribution is 8.00. The van der Waals surface area contributed by atoms with Crippen LogP contribution in [0.5, 0.6) is 11.5 Å². The molecule has 0 unspecified atom stereocenters. The molecule has 0 fully saturated rings. The van der Waals surface area contributed by atoms with Crippen molar-refractivity contribution in [3.63, 3.8) is 0 Å². The highest BCUT2D eigenvalue weighted by Gasteiger charge is 2.17. The van der Waals surface area contributed by atoms with Crippen LogP contribution in [-0.2, 0) is 9.59 Å². The summed E-state index contributed by atoms with van der Waals surface area (Å²) < 4.78 is 10.5. The van der Waals surface area contributed by atoms with Gasteiger partial charge in [0.15, 0.2) is 0 Å². The third-order valence-electron chi connectivity index (χ3n) is 5.97. The Morgan fingerprint density at radius 1 is 0.837 bits per heavy atom. The van der Waals surface area contributed by atoms with Gasteiger partial charge in [0.2, 0.25) is 5.91 Å². The second-order valence-electron chi connectivity index (χ2n) is 8.90. The van der Waals surface area contributed by atoms with E-state index in [0.29, 0.717) is 39.0 Å². The Morgan fingerprint density at radius 2 is 1.58 bits per heavy atom. The van der Waals surface area contributed by atoms with Crippen molar-refractivity contribution in [2.75, 3.05) is 30.6 Å². The molecule has 0 aliphatic rings. The van der Waals surface area contributed by atoms with Crippen molar-refractivity contribution in [1.82, 2.24) is 5.32 Å². The summed E-state index contributed by atoms with van der Waals surface area (Å²) in [6, 6.07) is 25.6. The van der Waals surface area contributed by atoms with E-state index in [0.717, 1.165) is 4.90 Å². The maximum Gasteiger partial charge on any atom is 0.272 e. The number of thioether (sulfide) groups is 1. The minimum atomic E-state index is -0.563. The molecule has 220 valence electrons. The largest absolute Gasteiger partial charge is 0.497 e. The van der Waals surface area contributed by atoms with E-state index in [4.69, 9.17) is 32.7 Å². The summed E-state index contributed by atoms with van der Waals surface area (Å²) in [5.74, 6) is 0.00628. The molecule has 0 radical (unpaired) electrons. The molecule has 0 aliphatic carbocycles. The van der Waals surface area contributed by atoms with Gasteiger partial charge in [-0.2, -0.15) is 0 Å². The number of rotatable bonds is 11. The van der Waals surface area contributed by atoms with Gasteiger partial charge in [-0.15, -0.1) is 11.8 Å². The minimum Gasteiger partial charge on any atom is -0.497 e. The number of nitrogens with one attached hydrogen (secondary N) is 3. The van der Waals surface area contributed by atoms with Gasteiger partial charge in [-0.3, -0.25) is 14.4 Å². The van der Waals surface area contributed by atoms with E-state index in [-0.39, 0.29) is 22.4 Å². The van der Waals surface area contributed by atoms with Gasteiger partial charge in [0, 0.05) is 22.2 Å². The molecule has 8 nitrogen and oxygen atoms in total. The van der Waals surface area contributed by atoms with Crippen molar-refractivity contribution >= 4 is 70.1 Å². The van der Waals surface area contributed by atoms with E-state index in [9.17, 15) is 14.4 Å². The molecule has 0 bridgehead atoms. The Hall–Kier alpha value is -4.44. The Kier molecular flexibility index (Phi) is 11.1. The summed E-state index contributed by atoms with van der Waals surface area (Å²) in [6.07, 6.45) is 1.46. The van der Waals surface area contributed by atoms with Gasteiger partial charge in [0.25, 0.3) is 11.8 Å². The van der Waals surface area contributed by atoms with Crippen molar-refractivity contribution < 1.29 is 23.9 Å². The predicted octanol–water partition coefficient (Wildman–Crippen LogP) is 7.15. The Balaban J connectivity index is 1.43. The summed E-state index contributed by atoms with van der Waals surface area (Å²) in [7, 11) is 3.07. The number of halogens is 2. The first kappa shape index (κ1) is 31.5. The molecule has 4 rings (SSSR count). The number of amides is 3. The number of benzene rings is 4. The fraction of sp³-hybridized carbons (Fsp3) is 0.0938. The molecular formula is C32H27Cl2N3O5S. The fourth-order valence-corrected chi connectivity index (χ4v) is 4.87. The molecule has 0 saturated heterocycles. The Morgan fingerprint density at radius 3 is 2.28 bits per heavy atom. The second kappa shape index (κ2) is 15.2. The molecular weight excluding hydrogens is 609 g/mol. The van der Waals surface area contributed by atoms with Crippen LogP contribution in [0, 0.1) is 0 Å². The molecule has 0 aliphatic heterocycles. The van der Waals surface area contributed by atoms with E-state index in [1.54, 1.807) is 98.1 Å². The lowest BCUT2D eigenvalue weighted by Crippen LogP contribution is -2.30. The van der Waals surface area contributed by atoms with Crippen LogP contribution >= 0.6 is 35.0 Å². The van der Waals surface area contributed by atoms with Crippen LogP contribution in [0.15, 0.2) is 102 Å². The second-order valence-corrected chi connectivity index (χ2v) is 10.7. The smallest absolute Gasteiger partial charge is 0.272 e. The highest BCUT2D eigenvalue weighted by atomic mass is 35.5. The topological polar surface area (TPSA) is 106 Å². The maximum absolute atomic E-state index is 13.3. The highest BCUT2D eigenvalue weighted by Crippen LogP contribution is 2.30. The van der Waals surface area contributed by atoms with Gasteiger partial charge < -0.3 is 25.4 Å². The van der Waals surface area contributed by atoms with Crippen LogP contribution in [0.4, 0.5) is 11.4 Å². The zero-order chi connectivity index (χ0) is 30.8. The first-order chi connectivity index (χ1) is 20.8. The van der Waals surface area contributed by atoms with Crippen LogP contribution in [0.3, 0.4) is 0 Å². The lowest BCUT2D eigenvalue weighted by molar-refractivity contribution is -0.114. The lowest BCUT2D eigenvalue weighted by atomic mass is 10.1. The SMILES string of the molecule is COc1ccc(OC)c(NC(=O)CSc2ccc(NC(=O)/C(=C/c3cccc(Cl)c3Cl)NC(=O)c3ccccc3)cc2)c1. The number of methoxy groups -OCH3 is 2. The number of hydrogen-bond donors (Lipinski definition) is 3. The van der Waals surface area contributed by atoms with E-state index >= 15 is 0 Å². The van der Waals surface area contributed by atoms with E-state index in [1.165, 1.54) is 24.9 Å². The number of anilines is 2. The maximum atomic E-state index is 13.3. The van der Waals surface area contributed by atoms with Gasteiger partial charge in [-0.25, -0.2) is 0 Å². The molecule has 43 heavy (non-hydrogen) atoms. The van der Waals surface area contributed by atoms with E-state index < -0.39 is 11.8 Å². The predicted molar refractivity (Wildman–Crippen MR) is 172 cm³/mol. The standard InChI is InChI=1S/C32H27Cl2N3O5S/c1-41-23-13-16-28(42-2)26(18-23)36-29(38)19-43-24-14-11-22(12-15-24)35-32(40)27(17-21-9-6-10-25(33)30(21)34)37-31(39)20-7-4-3-5-8-20/h3-18H,19H2,1-2H3,(H,35,40)(H,36,38)(H,37,39)/b27-17-. The molecule has 0 atom stereocenters. The molecule has 4 aromatic carbocycles. The summed E-state index contributed by atoms with van der Waals surface area (Å²) >= 11 is 13.8. The van der Waals surface area contributed by atoms with Crippen molar-refractivity contribution in [2.24, 2.45) is 0 Å². The summed E-state index contributed by atoms with van der Waals surface area (Å²) in [6.45, 7) is 0. The van der Waals surface area contributed by atoms with Crippen LogP contribution < -0.4 is 25.4 Å². The average Bonchev–Trinajstić information content (AvgIpc) is 3.02. The molecule has 0 spiro atoms. The first-order valence-corrected chi connectivity index (χ1v) is 14.6. The zero-order valence-electron chi connectivity index (χ0n) is 23.2. The molecule has 4 aromatic rings. The molecule has 0 saturated carbocycles. The number of carbonyl (C=O) groups is 3. The summed E-state index contributed by atoms with van der Waals surface area (Å²) in [5, 5.41) is 8.85. The number of hydrogen-bond acceptors (Lipinski definition) is 6. The van der Waals surface area contributed by atoms with Crippen molar-refractivity contribution in [3.05, 3.63) is 118 Å². The van der Waals surface area contributed by atoms with E-state index in [2.05, 4.69) is 16.0 Å². The average molecular weight is 637 g/mol. The Bertz CT molecular complexity index is 1650. The fourth-order valence-electron chi connectivity index (χ4n) is 3.81. The third kappa shape index (κ3) is 8.78. The molecule has 3 N–H and O–H groups in total. The molecule has 11 heteroatoms.